The van der Waals surface area contributed by atoms with Gasteiger partial charge in [0.1, 0.15) is 0 Å². The van der Waals surface area contributed by atoms with Crippen molar-refractivity contribution < 1.29 is 4.79 Å². The van der Waals surface area contributed by atoms with Crippen LogP contribution in [-0.4, -0.2) is 11.9 Å². The van der Waals surface area contributed by atoms with E-state index in [1.54, 1.807) is 0 Å². The Morgan fingerprint density at radius 2 is 1.86 bits per heavy atom. The summed E-state index contributed by atoms with van der Waals surface area (Å²) in [5, 5.41) is 3.44. The van der Waals surface area contributed by atoms with Gasteiger partial charge in [-0.15, -0.1) is 0 Å². The molecule has 0 aliphatic carbocycles. The maximum atomic E-state index is 11.0. The number of primary amides is 1. The van der Waals surface area contributed by atoms with E-state index in [1.807, 2.05) is 42.5 Å². The van der Waals surface area contributed by atoms with Crippen molar-refractivity contribution in [2.75, 3.05) is 5.32 Å². The smallest absolute Gasteiger partial charge is 0.234 e. The SMILES string of the molecule is CC(Nc1cccc(CC(N)C(N)=O)c1)c1ccccc1. The number of nitrogens with two attached hydrogens (primary N) is 2. The quantitative estimate of drug-likeness (QED) is 0.760. The van der Waals surface area contributed by atoms with E-state index in [4.69, 9.17) is 11.5 Å². The molecule has 2 aromatic rings. The standard InChI is InChI=1S/C17H21N3O/c1-12(14-7-3-2-4-8-14)20-15-9-5-6-13(10-15)11-16(18)17(19)21/h2-10,12,16,20H,11,18H2,1H3,(H2,19,21). The minimum absolute atomic E-state index is 0.200. The van der Waals surface area contributed by atoms with Crippen molar-refractivity contribution in [2.45, 2.75) is 25.4 Å². The van der Waals surface area contributed by atoms with Crippen LogP contribution in [0.5, 0.6) is 0 Å². The van der Waals surface area contributed by atoms with Gasteiger partial charge in [0.15, 0.2) is 0 Å². The molecular weight excluding hydrogens is 262 g/mol. The lowest BCUT2D eigenvalue weighted by Gasteiger charge is -2.17. The molecule has 0 radical (unpaired) electrons. The van der Waals surface area contributed by atoms with Crippen molar-refractivity contribution in [3.05, 3.63) is 65.7 Å². The van der Waals surface area contributed by atoms with E-state index in [0.717, 1.165) is 11.3 Å². The second kappa shape index (κ2) is 6.90. The maximum Gasteiger partial charge on any atom is 0.234 e. The second-order valence-electron chi connectivity index (χ2n) is 5.19. The summed E-state index contributed by atoms with van der Waals surface area (Å²) in [6.45, 7) is 2.11. The Hall–Kier alpha value is -2.33. The maximum absolute atomic E-state index is 11.0. The summed E-state index contributed by atoms with van der Waals surface area (Å²) in [6, 6.07) is 17.7. The van der Waals surface area contributed by atoms with E-state index in [-0.39, 0.29) is 6.04 Å². The molecule has 0 aliphatic heterocycles. The van der Waals surface area contributed by atoms with Crippen LogP contribution >= 0.6 is 0 Å². The fourth-order valence-corrected chi connectivity index (χ4v) is 2.22. The Bertz CT molecular complexity index is 598. The van der Waals surface area contributed by atoms with E-state index in [0.29, 0.717) is 6.42 Å². The molecular formula is C17H21N3O. The molecule has 0 saturated carbocycles. The van der Waals surface area contributed by atoms with Crippen LogP contribution in [0.2, 0.25) is 0 Å². The summed E-state index contributed by atoms with van der Waals surface area (Å²) < 4.78 is 0. The number of amides is 1. The zero-order valence-electron chi connectivity index (χ0n) is 12.1. The van der Waals surface area contributed by atoms with Gasteiger partial charge in [0.2, 0.25) is 5.91 Å². The van der Waals surface area contributed by atoms with Gasteiger partial charge in [-0.1, -0.05) is 42.5 Å². The van der Waals surface area contributed by atoms with Gasteiger partial charge in [-0.2, -0.15) is 0 Å². The van der Waals surface area contributed by atoms with Crippen molar-refractivity contribution in [3.8, 4) is 0 Å². The second-order valence-corrected chi connectivity index (χ2v) is 5.19. The van der Waals surface area contributed by atoms with Crippen LogP contribution in [0.1, 0.15) is 24.1 Å². The molecule has 4 nitrogen and oxygen atoms in total. The monoisotopic (exact) mass is 283 g/mol. The average molecular weight is 283 g/mol. The predicted octanol–water partition coefficient (Wildman–Crippen LogP) is 2.21. The highest BCUT2D eigenvalue weighted by atomic mass is 16.1. The van der Waals surface area contributed by atoms with Crippen LogP contribution in [0, 0.1) is 0 Å². The first kappa shape index (κ1) is 15.1. The van der Waals surface area contributed by atoms with Gasteiger partial charge in [0, 0.05) is 11.7 Å². The predicted molar refractivity (Wildman–Crippen MR) is 85.8 cm³/mol. The van der Waals surface area contributed by atoms with Crippen molar-refractivity contribution in [3.63, 3.8) is 0 Å². The van der Waals surface area contributed by atoms with Crippen LogP contribution < -0.4 is 16.8 Å². The fourth-order valence-electron chi connectivity index (χ4n) is 2.22. The van der Waals surface area contributed by atoms with Gasteiger partial charge in [0.25, 0.3) is 0 Å². The molecule has 0 bridgehead atoms. The molecule has 0 fully saturated rings. The lowest BCUT2D eigenvalue weighted by molar-refractivity contribution is -0.119. The van der Waals surface area contributed by atoms with Gasteiger partial charge < -0.3 is 16.8 Å². The Balaban J connectivity index is 2.06. The average Bonchev–Trinajstić information content (AvgIpc) is 2.48. The first-order valence-electron chi connectivity index (χ1n) is 7.01. The first-order chi connectivity index (χ1) is 10.1. The Morgan fingerprint density at radius 3 is 2.52 bits per heavy atom. The molecule has 0 spiro atoms. The summed E-state index contributed by atoms with van der Waals surface area (Å²) in [5.41, 5.74) is 14.1. The van der Waals surface area contributed by atoms with Crippen molar-refractivity contribution in [2.24, 2.45) is 11.5 Å². The topological polar surface area (TPSA) is 81.1 Å². The molecule has 2 aromatic carbocycles. The van der Waals surface area contributed by atoms with E-state index in [1.165, 1.54) is 5.56 Å². The van der Waals surface area contributed by atoms with Crippen LogP contribution in [0.15, 0.2) is 54.6 Å². The number of rotatable bonds is 6. The molecule has 0 saturated heterocycles. The minimum Gasteiger partial charge on any atom is -0.379 e. The zero-order valence-corrected chi connectivity index (χ0v) is 12.1. The fraction of sp³-hybridized carbons (Fsp3) is 0.235. The van der Waals surface area contributed by atoms with Gasteiger partial charge in [-0.3, -0.25) is 4.79 Å². The molecule has 0 heterocycles. The summed E-state index contributed by atoms with van der Waals surface area (Å²) >= 11 is 0. The van der Waals surface area contributed by atoms with Gasteiger partial charge in [-0.05, 0) is 36.6 Å². The highest BCUT2D eigenvalue weighted by molar-refractivity contribution is 5.79. The molecule has 0 aromatic heterocycles. The van der Waals surface area contributed by atoms with Gasteiger partial charge >= 0.3 is 0 Å². The summed E-state index contributed by atoms with van der Waals surface area (Å²) in [5.74, 6) is -0.481. The first-order valence-corrected chi connectivity index (χ1v) is 7.01. The number of hydrogen-bond donors (Lipinski definition) is 3. The normalized spacial score (nSPS) is 13.4. The lowest BCUT2D eigenvalue weighted by Crippen LogP contribution is -2.38. The van der Waals surface area contributed by atoms with E-state index < -0.39 is 11.9 Å². The molecule has 2 atom stereocenters. The van der Waals surface area contributed by atoms with E-state index in [9.17, 15) is 4.79 Å². The molecule has 5 N–H and O–H groups in total. The summed E-state index contributed by atoms with van der Waals surface area (Å²) in [6.07, 6.45) is 0.449. The molecule has 21 heavy (non-hydrogen) atoms. The Kier molecular flexibility index (Phi) is 4.95. The number of anilines is 1. The molecule has 2 unspecified atom stereocenters. The highest BCUT2D eigenvalue weighted by Crippen LogP contribution is 2.20. The van der Waals surface area contributed by atoms with Crippen LogP contribution in [0.25, 0.3) is 0 Å². The minimum atomic E-state index is -0.646. The third-order valence-electron chi connectivity index (χ3n) is 3.43. The Labute approximate surface area is 125 Å². The molecule has 4 heteroatoms. The van der Waals surface area contributed by atoms with E-state index >= 15 is 0 Å². The van der Waals surface area contributed by atoms with Crippen LogP contribution in [0.3, 0.4) is 0 Å². The molecule has 2 rings (SSSR count). The largest absolute Gasteiger partial charge is 0.379 e. The molecule has 0 aliphatic rings. The summed E-state index contributed by atoms with van der Waals surface area (Å²) in [4.78, 5) is 11.0. The van der Waals surface area contributed by atoms with Crippen molar-refractivity contribution in [1.29, 1.82) is 0 Å². The number of nitrogens with one attached hydrogen (secondary N) is 1. The molecule has 110 valence electrons. The van der Waals surface area contributed by atoms with Gasteiger partial charge in [-0.25, -0.2) is 0 Å². The molecule has 1 amide bonds. The van der Waals surface area contributed by atoms with Gasteiger partial charge in [0.05, 0.1) is 6.04 Å². The van der Waals surface area contributed by atoms with Crippen molar-refractivity contribution in [1.82, 2.24) is 0 Å². The summed E-state index contributed by atoms with van der Waals surface area (Å²) in [7, 11) is 0. The number of carbonyl (C=O) groups is 1. The lowest BCUT2D eigenvalue weighted by atomic mass is 10.0. The number of benzene rings is 2. The highest BCUT2D eigenvalue weighted by Gasteiger charge is 2.11. The number of hydrogen-bond acceptors (Lipinski definition) is 3. The Morgan fingerprint density at radius 1 is 1.14 bits per heavy atom. The van der Waals surface area contributed by atoms with E-state index in [2.05, 4.69) is 24.4 Å². The van der Waals surface area contributed by atoms with Crippen LogP contribution in [0.4, 0.5) is 5.69 Å². The zero-order chi connectivity index (χ0) is 15.2. The van der Waals surface area contributed by atoms with Crippen LogP contribution in [-0.2, 0) is 11.2 Å². The van der Waals surface area contributed by atoms with Crippen molar-refractivity contribution >= 4 is 11.6 Å². The third kappa shape index (κ3) is 4.33. The number of carbonyl (C=O) groups excluding carboxylic acids is 1. The third-order valence-corrected chi connectivity index (χ3v) is 3.43.